The summed E-state index contributed by atoms with van der Waals surface area (Å²) < 4.78 is 0. The van der Waals surface area contributed by atoms with Crippen molar-refractivity contribution >= 4 is 5.91 Å². The Bertz CT molecular complexity index is 457. The van der Waals surface area contributed by atoms with Crippen LogP contribution in [0.2, 0.25) is 0 Å². The first-order valence-corrected chi connectivity index (χ1v) is 6.72. The van der Waals surface area contributed by atoms with Gasteiger partial charge in [-0.25, -0.2) is 0 Å². The highest BCUT2D eigenvalue weighted by Crippen LogP contribution is 2.24. The lowest BCUT2D eigenvalue weighted by Crippen LogP contribution is -2.53. The van der Waals surface area contributed by atoms with E-state index in [0.29, 0.717) is 6.54 Å². The summed E-state index contributed by atoms with van der Waals surface area (Å²) in [7, 11) is 0. The van der Waals surface area contributed by atoms with Crippen molar-refractivity contribution in [1.29, 1.82) is 0 Å². The normalized spacial score (nSPS) is 15.9. The van der Waals surface area contributed by atoms with E-state index in [1.807, 2.05) is 0 Å². The second kappa shape index (κ2) is 5.72. The Hall–Kier alpha value is -1.39. The second-order valence-electron chi connectivity index (χ2n) is 5.69. The highest BCUT2D eigenvalue weighted by molar-refractivity contribution is 5.76. The summed E-state index contributed by atoms with van der Waals surface area (Å²) in [5, 5.41) is 11.5. The van der Waals surface area contributed by atoms with Gasteiger partial charge in [0.25, 0.3) is 0 Å². The van der Waals surface area contributed by atoms with Crippen LogP contribution in [-0.2, 0) is 17.8 Å². The molecule has 0 aliphatic carbocycles. The average Bonchev–Trinajstić information content (AvgIpc) is 2.44. The van der Waals surface area contributed by atoms with E-state index in [4.69, 9.17) is 5.11 Å². The van der Waals surface area contributed by atoms with Crippen LogP contribution in [0.4, 0.5) is 0 Å². The number of benzene rings is 1. The largest absolute Gasteiger partial charge is 0.387 e. The Balaban J connectivity index is 2.01. The van der Waals surface area contributed by atoms with Gasteiger partial charge in [0.2, 0.25) is 5.91 Å². The van der Waals surface area contributed by atoms with Crippen molar-refractivity contribution in [1.82, 2.24) is 10.2 Å². The predicted octanol–water partition coefficient (Wildman–Crippen LogP) is 0.932. The third-order valence-corrected chi connectivity index (χ3v) is 3.85. The molecule has 0 saturated heterocycles. The van der Waals surface area contributed by atoms with Gasteiger partial charge >= 0.3 is 0 Å². The van der Waals surface area contributed by atoms with Gasteiger partial charge in [0.05, 0.1) is 0 Å². The number of aliphatic hydroxyl groups excluding tert-OH is 1. The molecule has 0 fully saturated rings. The minimum Gasteiger partial charge on any atom is -0.387 e. The molecule has 2 rings (SSSR count). The van der Waals surface area contributed by atoms with Crippen LogP contribution in [-0.4, -0.2) is 41.1 Å². The van der Waals surface area contributed by atoms with E-state index in [1.54, 1.807) is 0 Å². The van der Waals surface area contributed by atoms with Crippen molar-refractivity contribution in [3.8, 4) is 0 Å². The Kier molecular flexibility index (Phi) is 4.22. The zero-order valence-electron chi connectivity index (χ0n) is 11.6. The van der Waals surface area contributed by atoms with E-state index in [2.05, 4.69) is 48.3 Å². The number of amides is 1. The Morgan fingerprint density at radius 1 is 1.37 bits per heavy atom. The molecule has 0 atom stereocenters. The van der Waals surface area contributed by atoms with Crippen molar-refractivity contribution in [3.05, 3.63) is 35.4 Å². The molecule has 1 aromatic rings. The molecule has 0 unspecified atom stereocenters. The first-order valence-electron chi connectivity index (χ1n) is 6.72. The molecule has 19 heavy (non-hydrogen) atoms. The van der Waals surface area contributed by atoms with Gasteiger partial charge in [0.1, 0.15) is 6.61 Å². The second-order valence-corrected chi connectivity index (χ2v) is 5.69. The first-order chi connectivity index (χ1) is 9.03. The fraction of sp³-hybridized carbons (Fsp3) is 0.533. The molecular weight excluding hydrogens is 240 g/mol. The summed E-state index contributed by atoms with van der Waals surface area (Å²) in [6.45, 7) is 6.27. The molecule has 0 aromatic heterocycles. The lowest BCUT2D eigenvalue weighted by Gasteiger charge is -2.41. The van der Waals surface area contributed by atoms with Crippen LogP contribution in [0.3, 0.4) is 0 Å². The highest BCUT2D eigenvalue weighted by atomic mass is 16.3. The summed E-state index contributed by atoms with van der Waals surface area (Å²) in [5.41, 5.74) is 2.68. The Morgan fingerprint density at radius 2 is 2.05 bits per heavy atom. The third kappa shape index (κ3) is 3.33. The number of carbonyl (C=O) groups is 1. The summed E-state index contributed by atoms with van der Waals surface area (Å²) >= 11 is 0. The van der Waals surface area contributed by atoms with Gasteiger partial charge < -0.3 is 10.4 Å². The van der Waals surface area contributed by atoms with Gasteiger partial charge in [-0.05, 0) is 31.4 Å². The third-order valence-electron chi connectivity index (χ3n) is 3.85. The molecule has 0 spiro atoms. The van der Waals surface area contributed by atoms with Crippen molar-refractivity contribution in [2.24, 2.45) is 0 Å². The maximum absolute atomic E-state index is 11.2. The van der Waals surface area contributed by atoms with Gasteiger partial charge in [-0.2, -0.15) is 0 Å². The van der Waals surface area contributed by atoms with Crippen molar-refractivity contribution in [2.75, 3.05) is 19.7 Å². The number of nitrogens with zero attached hydrogens (tertiary/aromatic N) is 1. The van der Waals surface area contributed by atoms with E-state index >= 15 is 0 Å². The summed E-state index contributed by atoms with van der Waals surface area (Å²) in [4.78, 5) is 13.5. The zero-order chi connectivity index (χ0) is 13.9. The summed E-state index contributed by atoms with van der Waals surface area (Å²) in [6, 6.07) is 8.51. The number of hydrogen-bond acceptors (Lipinski definition) is 3. The maximum Gasteiger partial charge on any atom is 0.245 e. The Labute approximate surface area is 114 Å². The quantitative estimate of drug-likeness (QED) is 0.849. The molecule has 1 heterocycles. The van der Waals surface area contributed by atoms with E-state index in [-0.39, 0.29) is 11.4 Å². The van der Waals surface area contributed by atoms with Crippen LogP contribution >= 0.6 is 0 Å². The molecule has 104 valence electrons. The number of rotatable bonds is 4. The van der Waals surface area contributed by atoms with Gasteiger partial charge in [-0.15, -0.1) is 0 Å². The van der Waals surface area contributed by atoms with Crippen LogP contribution in [0.5, 0.6) is 0 Å². The molecule has 2 N–H and O–H groups in total. The lowest BCUT2D eigenvalue weighted by molar-refractivity contribution is -0.124. The van der Waals surface area contributed by atoms with E-state index in [0.717, 1.165) is 19.5 Å². The van der Waals surface area contributed by atoms with Crippen molar-refractivity contribution in [3.63, 3.8) is 0 Å². The topological polar surface area (TPSA) is 52.6 Å². The highest BCUT2D eigenvalue weighted by Gasteiger charge is 2.29. The number of fused-ring (bicyclic) bond motifs is 1. The smallest absolute Gasteiger partial charge is 0.245 e. The SMILES string of the molecule is CC(C)(CNC(=O)CO)N1CCc2ccccc2C1. The minimum atomic E-state index is -0.446. The standard InChI is InChI=1S/C15H22N2O2/c1-15(2,11-16-14(19)10-18)17-8-7-12-5-3-4-6-13(12)9-17/h3-6,18H,7-11H2,1-2H3,(H,16,19). The van der Waals surface area contributed by atoms with E-state index in [1.165, 1.54) is 11.1 Å². The average molecular weight is 262 g/mol. The van der Waals surface area contributed by atoms with Gasteiger partial charge in [0.15, 0.2) is 0 Å². The molecule has 4 nitrogen and oxygen atoms in total. The monoisotopic (exact) mass is 262 g/mol. The molecule has 4 heteroatoms. The van der Waals surface area contributed by atoms with Crippen LogP contribution in [0.15, 0.2) is 24.3 Å². The molecule has 0 bridgehead atoms. The van der Waals surface area contributed by atoms with E-state index < -0.39 is 6.61 Å². The fourth-order valence-electron chi connectivity index (χ4n) is 2.49. The Morgan fingerprint density at radius 3 is 2.74 bits per heavy atom. The lowest BCUT2D eigenvalue weighted by atomic mass is 9.94. The number of nitrogens with one attached hydrogen (secondary N) is 1. The molecule has 1 aromatic carbocycles. The van der Waals surface area contributed by atoms with Crippen LogP contribution < -0.4 is 5.32 Å². The number of hydrogen-bond donors (Lipinski definition) is 2. The zero-order valence-corrected chi connectivity index (χ0v) is 11.6. The molecular formula is C15H22N2O2. The van der Waals surface area contributed by atoms with Crippen LogP contribution in [0, 0.1) is 0 Å². The number of aliphatic hydroxyl groups is 1. The molecule has 1 amide bonds. The molecule has 0 radical (unpaired) electrons. The van der Waals surface area contributed by atoms with Gasteiger partial charge in [0, 0.05) is 25.2 Å². The van der Waals surface area contributed by atoms with Crippen LogP contribution in [0.1, 0.15) is 25.0 Å². The predicted molar refractivity (Wildman–Crippen MR) is 74.7 cm³/mol. The summed E-state index contributed by atoms with van der Waals surface area (Å²) in [5.74, 6) is -0.314. The molecule has 0 saturated carbocycles. The van der Waals surface area contributed by atoms with Crippen molar-refractivity contribution < 1.29 is 9.90 Å². The minimum absolute atomic E-state index is 0.113. The van der Waals surface area contributed by atoms with Gasteiger partial charge in [-0.3, -0.25) is 9.69 Å². The van der Waals surface area contributed by atoms with Crippen molar-refractivity contribution in [2.45, 2.75) is 32.4 Å². The van der Waals surface area contributed by atoms with E-state index in [9.17, 15) is 4.79 Å². The van der Waals surface area contributed by atoms with Crippen LogP contribution in [0.25, 0.3) is 0 Å². The summed E-state index contributed by atoms with van der Waals surface area (Å²) in [6.07, 6.45) is 1.05. The first kappa shape index (κ1) is 14.0. The fourth-order valence-corrected chi connectivity index (χ4v) is 2.49. The number of carbonyl (C=O) groups excluding carboxylic acids is 1. The van der Waals surface area contributed by atoms with Gasteiger partial charge in [-0.1, -0.05) is 24.3 Å². The molecule has 1 aliphatic rings. The maximum atomic E-state index is 11.2. The molecule has 1 aliphatic heterocycles.